The SMILES string of the molecule is CCCNC(C)c1ccccc1-c1ccn(C)n1. The molecule has 1 N–H and O–H groups in total. The second-order valence-corrected chi connectivity index (χ2v) is 4.64. The molecule has 0 fully saturated rings. The lowest BCUT2D eigenvalue weighted by Gasteiger charge is -2.16. The zero-order valence-corrected chi connectivity index (χ0v) is 11.4. The highest BCUT2D eigenvalue weighted by molar-refractivity contribution is 5.63. The molecule has 18 heavy (non-hydrogen) atoms. The van der Waals surface area contributed by atoms with Crippen molar-refractivity contribution in [1.82, 2.24) is 15.1 Å². The summed E-state index contributed by atoms with van der Waals surface area (Å²) in [6.07, 6.45) is 3.13. The molecule has 1 aromatic carbocycles. The number of hydrogen-bond acceptors (Lipinski definition) is 2. The minimum Gasteiger partial charge on any atom is -0.310 e. The summed E-state index contributed by atoms with van der Waals surface area (Å²) >= 11 is 0. The topological polar surface area (TPSA) is 29.9 Å². The molecule has 0 amide bonds. The molecule has 0 saturated heterocycles. The van der Waals surface area contributed by atoms with E-state index in [0.717, 1.165) is 18.7 Å². The monoisotopic (exact) mass is 243 g/mol. The second kappa shape index (κ2) is 5.83. The standard InChI is InChI=1S/C15H21N3/c1-4-10-16-12(2)13-7-5-6-8-14(13)15-9-11-18(3)17-15/h5-9,11-12,16H,4,10H2,1-3H3. The molecule has 1 aromatic heterocycles. The van der Waals surface area contributed by atoms with Gasteiger partial charge in [0.25, 0.3) is 0 Å². The van der Waals surface area contributed by atoms with Gasteiger partial charge in [0.15, 0.2) is 0 Å². The fourth-order valence-electron chi connectivity index (χ4n) is 2.14. The molecule has 0 bridgehead atoms. The fraction of sp³-hybridized carbons (Fsp3) is 0.400. The normalized spacial score (nSPS) is 12.6. The molecule has 3 nitrogen and oxygen atoms in total. The smallest absolute Gasteiger partial charge is 0.0926 e. The second-order valence-electron chi connectivity index (χ2n) is 4.64. The van der Waals surface area contributed by atoms with Crippen LogP contribution in [0.3, 0.4) is 0 Å². The third-order valence-electron chi connectivity index (χ3n) is 3.12. The maximum absolute atomic E-state index is 4.49. The summed E-state index contributed by atoms with van der Waals surface area (Å²) in [5, 5.41) is 8.02. The molecule has 0 aliphatic carbocycles. The molecule has 1 heterocycles. The quantitative estimate of drug-likeness (QED) is 0.874. The van der Waals surface area contributed by atoms with Gasteiger partial charge in [0, 0.05) is 24.8 Å². The Hall–Kier alpha value is -1.61. The first-order valence-corrected chi connectivity index (χ1v) is 6.54. The highest BCUT2D eigenvalue weighted by atomic mass is 15.2. The van der Waals surface area contributed by atoms with Crippen molar-refractivity contribution in [3.63, 3.8) is 0 Å². The summed E-state index contributed by atoms with van der Waals surface area (Å²) < 4.78 is 1.84. The molecule has 0 radical (unpaired) electrons. The Bertz CT molecular complexity index is 502. The van der Waals surface area contributed by atoms with Crippen LogP contribution in [-0.2, 0) is 7.05 Å². The molecule has 2 aromatic rings. The van der Waals surface area contributed by atoms with E-state index in [2.05, 4.69) is 54.6 Å². The van der Waals surface area contributed by atoms with Crippen LogP contribution in [0, 0.1) is 0 Å². The van der Waals surface area contributed by atoms with Crippen LogP contribution in [-0.4, -0.2) is 16.3 Å². The molecule has 1 atom stereocenters. The van der Waals surface area contributed by atoms with Crippen molar-refractivity contribution < 1.29 is 0 Å². The van der Waals surface area contributed by atoms with Crippen molar-refractivity contribution in [3.8, 4) is 11.3 Å². The molecular formula is C15H21N3. The Morgan fingerprint density at radius 3 is 2.72 bits per heavy atom. The number of rotatable bonds is 5. The summed E-state index contributed by atoms with van der Waals surface area (Å²) in [4.78, 5) is 0. The maximum atomic E-state index is 4.49. The molecule has 2 rings (SSSR count). The summed E-state index contributed by atoms with van der Waals surface area (Å²) in [6, 6.07) is 10.9. The lowest BCUT2D eigenvalue weighted by molar-refractivity contribution is 0.571. The van der Waals surface area contributed by atoms with Gasteiger partial charge in [0.1, 0.15) is 0 Å². The van der Waals surface area contributed by atoms with Gasteiger partial charge in [-0.05, 0) is 31.5 Å². The van der Waals surface area contributed by atoms with Crippen molar-refractivity contribution in [2.24, 2.45) is 7.05 Å². The molecule has 0 aliphatic heterocycles. The van der Waals surface area contributed by atoms with Crippen LogP contribution in [0.15, 0.2) is 36.5 Å². The first kappa shape index (κ1) is 12.8. The Morgan fingerprint density at radius 2 is 2.06 bits per heavy atom. The highest BCUT2D eigenvalue weighted by Gasteiger charge is 2.12. The molecule has 96 valence electrons. The molecular weight excluding hydrogens is 222 g/mol. The first-order chi connectivity index (χ1) is 8.72. The summed E-state index contributed by atoms with van der Waals surface area (Å²) in [6.45, 7) is 5.43. The number of nitrogens with one attached hydrogen (secondary N) is 1. The van der Waals surface area contributed by atoms with Crippen LogP contribution >= 0.6 is 0 Å². The average molecular weight is 243 g/mol. The molecule has 3 heteroatoms. The van der Waals surface area contributed by atoms with Gasteiger partial charge >= 0.3 is 0 Å². The predicted molar refractivity (Wildman–Crippen MR) is 75.4 cm³/mol. The van der Waals surface area contributed by atoms with E-state index in [0.29, 0.717) is 6.04 Å². The van der Waals surface area contributed by atoms with Crippen LogP contribution in [0.4, 0.5) is 0 Å². The molecule has 0 aliphatic rings. The van der Waals surface area contributed by atoms with Crippen LogP contribution in [0.1, 0.15) is 31.9 Å². The van der Waals surface area contributed by atoms with E-state index < -0.39 is 0 Å². The molecule has 0 saturated carbocycles. The van der Waals surface area contributed by atoms with Gasteiger partial charge in [-0.25, -0.2) is 0 Å². The van der Waals surface area contributed by atoms with Crippen molar-refractivity contribution in [1.29, 1.82) is 0 Å². The van der Waals surface area contributed by atoms with E-state index in [1.165, 1.54) is 11.1 Å². The van der Waals surface area contributed by atoms with Gasteiger partial charge in [0.2, 0.25) is 0 Å². The van der Waals surface area contributed by atoms with E-state index in [1.54, 1.807) is 0 Å². The number of hydrogen-bond donors (Lipinski definition) is 1. The minimum atomic E-state index is 0.350. The van der Waals surface area contributed by atoms with Crippen LogP contribution in [0.5, 0.6) is 0 Å². The maximum Gasteiger partial charge on any atom is 0.0926 e. The summed E-state index contributed by atoms with van der Waals surface area (Å²) in [5.74, 6) is 0. The van der Waals surface area contributed by atoms with E-state index in [-0.39, 0.29) is 0 Å². The molecule has 1 unspecified atom stereocenters. The summed E-state index contributed by atoms with van der Waals surface area (Å²) in [7, 11) is 1.95. The van der Waals surface area contributed by atoms with E-state index in [1.807, 2.05) is 17.9 Å². The van der Waals surface area contributed by atoms with Gasteiger partial charge < -0.3 is 5.32 Å². The Balaban J connectivity index is 2.30. The Kier molecular flexibility index (Phi) is 4.15. The van der Waals surface area contributed by atoms with Crippen LogP contribution in [0.25, 0.3) is 11.3 Å². The van der Waals surface area contributed by atoms with Crippen LogP contribution in [0.2, 0.25) is 0 Å². The van der Waals surface area contributed by atoms with Gasteiger partial charge in [0.05, 0.1) is 5.69 Å². The van der Waals surface area contributed by atoms with Gasteiger partial charge in [-0.1, -0.05) is 31.2 Å². The van der Waals surface area contributed by atoms with Crippen molar-refractivity contribution in [3.05, 3.63) is 42.1 Å². The van der Waals surface area contributed by atoms with Gasteiger partial charge in [-0.3, -0.25) is 4.68 Å². The van der Waals surface area contributed by atoms with E-state index in [4.69, 9.17) is 0 Å². The van der Waals surface area contributed by atoms with Crippen molar-refractivity contribution >= 4 is 0 Å². The number of nitrogens with zero attached hydrogens (tertiary/aromatic N) is 2. The van der Waals surface area contributed by atoms with Gasteiger partial charge in [-0.15, -0.1) is 0 Å². The van der Waals surface area contributed by atoms with Gasteiger partial charge in [-0.2, -0.15) is 5.10 Å². The lowest BCUT2D eigenvalue weighted by Crippen LogP contribution is -2.19. The van der Waals surface area contributed by atoms with E-state index >= 15 is 0 Å². The zero-order chi connectivity index (χ0) is 13.0. The largest absolute Gasteiger partial charge is 0.310 e. The third kappa shape index (κ3) is 2.79. The highest BCUT2D eigenvalue weighted by Crippen LogP contribution is 2.26. The predicted octanol–water partition coefficient (Wildman–Crippen LogP) is 3.15. The third-order valence-corrected chi connectivity index (χ3v) is 3.12. The average Bonchev–Trinajstić information content (AvgIpc) is 2.82. The number of benzene rings is 1. The molecule has 0 spiro atoms. The zero-order valence-electron chi connectivity index (χ0n) is 11.4. The van der Waals surface area contributed by atoms with Crippen LogP contribution < -0.4 is 5.32 Å². The van der Waals surface area contributed by atoms with E-state index in [9.17, 15) is 0 Å². The minimum absolute atomic E-state index is 0.350. The Labute approximate surface area is 109 Å². The first-order valence-electron chi connectivity index (χ1n) is 6.54. The van der Waals surface area contributed by atoms with Crippen molar-refractivity contribution in [2.75, 3.05) is 6.54 Å². The number of aryl methyl sites for hydroxylation is 1. The fourth-order valence-corrected chi connectivity index (χ4v) is 2.14. The number of aromatic nitrogens is 2. The lowest BCUT2D eigenvalue weighted by atomic mass is 9.99. The summed E-state index contributed by atoms with van der Waals surface area (Å²) in [5.41, 5.74) is 3.57. The Morgan fingerprint density at radius 1 is 1.28 bits per heavy atom. The van der Waals surface area contributed by atoms with Crippen molar-refractivity contribution in [2.45, 2.75) is 26.3 Å².